The zero-order valence-electron chi connectivity index (χ0n) is 16.8. The first-order valence-corrected chi connectivity index (χ1v) is 10.9. The Labute approximate surface area is 170 Å². The van der Waals surface area contributed by atoms with Gasteiger partial charge in [-0.25, -0.2) is 0 Å². The van der Waals surface area contributed by atoms with Crippen molar-refractivity contribution in [3.63, 3.8) is 0 Å². The maximum absolute atomic E-state index is 13.0. The number of anilines is 1. The van der Waals surface area contributed by atoms with Gasteiger partial charge in [-0.15, -0.1) is 0 Å². The molecule has 29 heavy (non-hydrogen) atoms. The van der Waals surface area contributed by atoms with Crippen LogP contribution in [-0.2, 0) is 4.74 Å². The highest BCUT2D eigenvalue weighted by Gasteiger charge is 2.50. The second-order valence-electron chi connectivity index (χ2n) is 9.66. The van der Waals surface area contributed by atoms with Crippen LogP contribution >= 0.6 is 0 Å². The summed E-state index contributed by atoms with van der Waals surface area (Å²) < 4.78 is 5.39. The van der Waals surface area contributed by atoms with Gasteiger partial charge in [0.05, 0.1) is 18.1 Å². The smallest absolute Gasteiger partial charge is 0.282 e. The minimum absolute atomic E-state index is 0.120. The molecule has 1 aliphatic heterocycles. The van der Waals surface area contributed by atoms with Crippen molar-refractivity contribution in [1.29, 1.82) is 0 Å². The van der Waals surface area contributed by atoms with Crippen molar-refractivity contribution in [1.82, 2.24) is 5.32 Å². The summed E-state index contributed by atoms with van der Waals surface area (Å²) in [6.07, 6.45) is 7.69. The Morgan fingerprint density at radius 1 is 1.14 bits per heavy atom. The number of amides is 1. The minimum Gasteiger partial charge on any atom is -0.378 e. The van der Waals surface area contributed by atoms with Gasteiger partial charge in [0.25, 0.3) is 11.6 Å². The van der Waals surface area contributed by atoms with E-state index in [1.54, 1.807) is 12.1 Å². The largest absolute Gasteiger partial charge is 0.378 e. The molecule has 7 nitrogen and oxygen atoms in total. The summed E-state index contributed by atoms with van der Waals surface area (Å²) in [7, 11) is 0. The number of carbonyl (C=O) groups excluding carboxylic acids is 1. The molecule has 1 saturated heterocycles. The first-order chi connectivity index (χ1) is 14.0. The van der Waals surface area contributed by atoms with Crippen molar-refractivity contribution in [3.05, 3.63) is 33.9 Å². The molecule has 1 amide bonds. The maximum atomic E-state index is 13.0. The number of hydrogen-bond donors (Lipinski definition) is 1. The number of nitro groups is 1. The fourth-order valence-electron chi connectivity index (χ4n) is 6.75. The molecular formula is C22H29N3O4. The van der Waals surface area contributed by atoms with Crippen LogP contribution in [0.1, 0.15) is 48.9 Å². The maximum Gasteiger partial charge on any atom is 0.282 e. The van der Waals surface area contributed by atoms with Gasteiger partial charge >= 0.3 is 0 Å². The van der Waals surface area contributed by atoms with E-state index in [4.69, 9.17) is 4.74 Å². The average Bonchev–Trinajstić information content (AvgIpc) is 2.71. The molecule has 1 heterocycles. The predicted octanol–water partition coefficient (Wildman–Crippen LogP) is 3.38. The number of hydrogen-bond acceptors (Lipinski definition) is 5. The van der Waals surface area contributed by atoms with E-state index < -0.39 is 4.92 Å². The number of nitrogens with one attached hydrogen (secondary N) is 1. The predicted molar refractivity (Wildman–Crippen MR) is 109 cm³/mol. The summed E-state index contributed by atoms with van der Waals surface area (Å²) in [6.45, 7) is 3.36. The highest BCUT2D eigenvalue weighted by atomic mass is 16.6. The first kappa shape index (κ1) is 18.9. The van der Waals surface area contributed by atoms with Crippen LogP contribution < -0.4 is 10.2 Å². The molecule has 5 aliphatic rings. The molecule has 0 unspecified atom stereocenters. The number of benzene rings is 1. The number of rotatable bonds is 5. The van der Waals surface area contributed by atoms with Crippen molar-refractivity contribution in [2.24, 2.45) is 23.2 Å². The highest BCUT2D eigenvalue weighted by Crippen LogP contribution is 2.59. The van der Waals surface area contributed by atoms with Crippen molar-refractivity contribution in [2.45, 2.75) is 38.5 Å². The molecule has 4 bridgehead atoms. The second-order valence-corrected chi connectivity index (χ2v) is 9.66. The van der Waals surface area contributed by atoms with Crippen LogP contribution in [0.4, 0.5) is 11.4 Å². The van der Waals surface area contributed by atoms with E-state index in [9.17, 15) is 14.9 Å². The number of ether oxygens (including phenoxy) is 1. The van der Waals surface area contributed by atoms with Crippen LogP contribution in [-0.4, -0.2) is 43.7 Å². The third-order valence-electron chi connectivity index (χ3n) is 7.59. The molecule has 6 rings (SSSR count). The summed E-state index contributed by atoms with van der Waals surface area (Å²) in [5, 5.41) is 14.6. The molecule has 4 saturated carbocycles. The molecule has 1 aromatic carbocycles. The summed E-state index contributed by atoms with van der Waals surface area (Å²) in [5.41, 5.74) is 1.11. The monoisotopic (exact) mass is 399 g/mol. The van der Waals surface area contributed by atoms with E-state index in [1.165, 1.54) is 44.6 Å². The Balaban J connectivity index is 1.33. The number of carbonyl (C=O) groups is 1. The molecule has 156 valence electrons. The SMILES string of the molecule is O=C(NCC12CC3CC(CC(C3)C1)C2)c1cc(N2CCOCC2)ccc1[N+](=O)[O-]. The minimum atomic E-state index is -0.456. The van der Waals surface area contributed by atoms with Gasteiger partial charge in [-0.3, -0.25) is 14.9 Å². The third-order valence-corrected chi connectivity index (χ3v) is 7.59. The Hall–Kier alpha value is -2.15. The molecule has 5 fully saturated rings. The van der Waals surface area contributed by atoms with Crippen molar-refractivity contribution < 1.29 is 14.5 Å². The summed E-state index contributed by atoms with van der Waals surface area (Å²) >= 11 is 0. The van der Waals surface area contributed by atoms with E-state index in [-0.39, 0.29) is 22.6 Å². The Morgan fingerprint density at radius 2 is 1.76 bits per heavy atom. The summed E-state index contributed by atoms with van der Waals surface area (Å²) in [6, 6.07) is 4.88. The first-order valence-electron chi connectivity index (χ1n) is 10.9. The second kappa shape index (κ2) is 7.27. The van der Waals surface area contributed by atoms with Gasteiger partial charge in [0, 0.05) is 31.4 Å². The quantitative estimate of drug-likeness (QED) is 0.606. The van der Waals surface area contributed by atoms with Gasteiger partial charge in [0.2, 0.25) is 0 Å². The number of nitro benzene ring substituents is 1. The average molecular weight is 399 g/mol. The lowest BCUT2D eigenvalue weighted by Crippen LogP contribution is -2.51. The Bertz CT molecular complexity index is 783. The van der Waals surface area contributed by atoms with E-state index in [2.05, 4.69) is 10.2 Å². The van der Waals surface area contributed by atoms with E-state index in [0.717, 1.165) is 36.5 Å². The third kappa shape index (κ3) is 3.61. The standard InChI is InChI=1S/C22H29N3O4/c26-21(23-14-22-11-15-7-16(12-22)9-17(8-15)13-22)19-10-18(1-2-20(19)25(27)28)24-3-5-29-6-4-24/h1-2,10,15-17H,3-9,11-14H2,(H,23,26). The highest BCUT2D eigenvalue weighted by molar-refractivity contribution is 5.99. The molecule has 1 aromatic rings. The van der Waals surface area contributed by atoms with Gasteiger partial charge in [-0.05, 0) is 73.8 Å². The number of morpholine rings is 1. The van der Waals surface area contributed by atoms with E-state index in [1.807, 2.05) is 0 Å². The lowest BCUT2D eigenvalue weighted by atomic mass is 9.49. The fourth-order valence-corrected chi connectivity index (χ4v) is 6.75. The van der Waals surface area contributed by atoms with Crippen LogP contribution in [0.5, 0.6) is 0 Å². The molecule has 4 aliphatic carbocycles. The van der Waals surface area contributed by atoms with Crippen LogP contribution in [0.15, 0.2) is 18.2 Å². The Morgan fingerprint density at radius 3 is 2.34 bits per heavy atom. The zero-order valence-corrected chi connectivity index (χ0v) is 16.8. The lowest BCUT2D eigenvalue weighted by molar-refractivity contribution is -0.385. The van der Waals surface area contributed by atoms with Crippen molar-refractivity contribution in [3.8, 4) is 0 Å². The molecular weight excluding hydrogens is 370 g/mol. The molecule has 1 N–H and O–H groups in total. The van der Waals surface area contributed by atoms with Crippen molar-refractivity contribution >= 4 is 17.3 Å². The molecule has 0 spiro atoms. The van der Waals surface area contributed by atoms with Crippen LogP contribution in [0.2, 0.25) is 0 Å². The van der Waals surface area contributed by atoms with E-state index >= 15 is 0 Å². The van der Waals surface area contributed by atoms with Crippen LogP contribution in [0.3, 0.4) is 0 Å². The van der Waals surface area contributed by atoms with Gasteiger partial charge < -0.3 is 15.0 Å². The summed E-state index contributed by atoms with van der Waals surface area (Å²) in [4.78, 5) is 26.2. The topological polar surface area (TPSA) is 84.7 Å². The molecule has 0 atom stereocenters. The van der Waals surface area contributed by atoms with Gasteiger partial charge in [0.15, 0.2) is 0 Å². The normalized spacial score (nSPS) is 33.0. The van der Waals surface area contributed by atoms with Gasteiger partial charge in [-0.1, -0.05) is 0 Å². The van der Waals surface area contributed by atoms with Gasteiger partial charge in [-0.2, -0.15) is 0 Å². The van der Waals surface area contributed by atoms with Crippen LogP contribution in [0, 0.1) is 33.3 Å². The molecule has 0 radical (unpaired) electrons. The number of nitrogens with zero attached hydrogens (tertiary/aromatic N) is 2. The van der Waals surface area contributed by atoms with Crippen LogP contribution in [0.25, 0.3) is 0 Å². The fraction of sp³-hybridized carbons (Fsp3) is 0.682. The molecule has 7 heteroatoms. The lowest BCUT2D eigenvalue weighted by Gasteiger charge is -2.56. The van der Waals surface area contributed by atoms with Crippen molar-refractivity contribution in [2.75, 3.05) is 37.7 Å². The van der Waals surface area contributed by atoms with Gasteiger partial charge in [0.1, 0.15) is 5.56 Å². The zero-order chi connectivity index (χ0) is 20.0. The Kier molecular flexibility index (Phi) is 4.73. The van der Waals surface area contributed by atoms with E-state index in [0.29, 0.717) is 19.8 Å². The summed E-state index contributed by atoms with van der Waals surface area (Å²) in [5.74, 6) is 2.13. The molecule has 0 aromatic heterocycles.